The van der Waals surface area contributed by atoms with E-state index in [1.807, 2.05) is 42.5 Å². The van der Waals surface area contributed by atoms with Gasteiger partial charge >= 0.3 is 0 Å². The predicted molar refractivity (Wildman–Crippen MR) is 306 cm³/mol. The molecule has 81 heavy (non-hydrogen) atoms. The van der Waals surface area contributed by atoms with Crippen LogP contribution in [0.2, 0.25) is 0 Å². The van der Waals surface area contributed by atoms with Crippen LogP contribution in [0, 0.1) is 11.8 Å². The number of hydrogen-bond donors (Lipinski definition) is 13. The molecule has 6 rings (SSSR count). The number of fused-ring (bicyclic) bond motifs is 2. The van der Waals surface area contributed by atoms with Crippen LogP contribution in [0.4, 0.5) is 0 Å². The second kappa shape index (κ2) is 30.3. The van der Waals surface area contributed by atoms with Gasteiger partial charge in [0.05, 0.1) is 12.5 Å². The lowest BCUT2D eigenvalue weighted by Gasteiger charge is -2.27. The molecular weight excluding hydrogens is 1040 g/mol. The van der Waals surface area contributed by atoms with E-state index in [1.54, 1.807) is 48.8 Å². The highest BCUT2D eigenvalue weighted by atomic mass is 16.2. The quantitative estimate of drug-likeness (QED) is 0.0324. The van der Waals surface area contributed by atoms with Gasteiger partial charge in [-0.05, 0) is 86.6 Å². The summed E-state index contributed by atoms with van der Waals surface area (Å²) in [4.78, 5) is 142. The van der Waals surface area contributed by atoms with Gasteiger partial charge in [0, 0.05) is 91.9 Å². The van der Waals surface area contributed by atoms with Crippen molar-refractivity contribution in [3.63, 3.8) is 0 Å². The number of nitrogens with zero attached hydrogens (tertiary/aromatic N) is 2. The molecule has 0 bridgehead atoms. The molecule has 7 atom stereocenters. The molecule has 7 amide bonds. The normalized spacial score (nSPS) is 20.7. The van der Waals surface area contributed by atoms with Gasteiger partial charge in [-0.2, -0.15) is 0 Å². The van der Waals surface area contributed by atoms with Crippen LogP contribution < -0.4 is 60.6 Å². The van der Waals surface area contributed by atoms with E-state index in [2.05, 4.69) is 51.9 Å². The average Bonchev–Trinajstić information content (AvgIpc) is 4.26. The van der Waals surface area contributed by atoms with Crippen LogP contribution in [0.1, 0.15) is 87.8 Å². The number of rotatable bonds is 18. The first kappa shape index (κ1) is 61.1. The molecule has 5 aromatic rings. The molecule has 1 aliphatic rings. The molecule has 0 spiro atoms. The Labute approximate surface area is 468 Å². The Kier molecular flexibility index (Phi) is 22.9. The number of nitrogens with two attached hydrogens (primary N) is 5. The van der Waals surface area contributed by atoms with E-state index < -0.39 is 108 Å². The van der Waals surface area contributed by atoms with Crippen LogP contribution in [-0.2, 0) is 62.4 Å². The second-order valence-corrected chi connectivity index (χ2v) is 20.4. The van der Waals surface area contributed by atoms with Crippen LogP contribution in [0.25, 0.3) is 21.8 Å². The van der Waals surface area contributed by atoms with E-state index in [9.17, 15) is 33.6 Å². The van der Waals surface area contributed by atoms with Gasteiger partial charge in [0.25, 0.3) is 0 Å². The molecule has 2 aromatic heterocycles. The number of nitrogens with one attached hydrogen (secondary N) is 8. The van der Waals surface area contributed by atoms with Crippen molar-refractivity contribution in [3.05, 3.63) is 108 Å². The first-order chi connectivity index (χ1) is 38.8. The van der Waals surface area contributed by atoms with Gasteiger partial charge in [0.2, 0.25) is 41.4 Å². The molecule has 24 nitrogen and oxygen atoms in total. The topological polar surface area (TPSA) is 412 Å². The fraction of sp³-hybridized carbons (Fsp3) is 0.421. The maximum atomic E-state index is 15.1. The highest BCUT2D eigenvalue weighted by Crippen LogP contribution is 2.27. The van der Waals surface area contributed by atoms with E-state index in [-0.39, 0.29) is 102 Å². The number of guanidine groups is 2. The summed E-state index contributed by atoms with van der Waals surface area (Å²) in [5.41, 5.74) is 31.7. The molecule has 1 fully saturated rings. The van der Waals surface area contributed by atoms with Gasteiger partial charge in [-0.3, -0.25) is 53.1 Å². The molecule has 3 heterocycles. The van der Waals surface area contributed by atoms with Gasteiger partial charge in [-0.25, -0.2) is 0 Å². The average molecular weight is 1110 g/mol. The Morgan fingerprint density at radius 1 is 0.630 bits per heavy atom. The minimum absolute atomic E-state index is 0.0323. The summed E-state index contributed by atoms with van der Waals surface area (Å²) in [6.07, 6.45) is 3.20. The van der Waals surface area contributed by atoms with Crippen molar-refractivity contribution < 1.29 is 43.2 Å². The highest BCUT2D eigenvalue weighted by molar-refractivity contribution is 5.99. The number of Topliss-reactive ketones (excluding diaryl/α,β-unsaturated/α-hetero) is 2. The molecule has 18 N–H and O–H groups in total. The molecule has 432 valence electrons. The SMILES string of the molecule is CC(=O)N[C@@H](CCCN=C(N)N)C(=O)N[C@H]1CC(=O)NCCCC[C@@H](C(N)=O)NC(=O)[C@H](Cc2c[nH]c3ccccc23)CC(=O)[C@H](CCCN=C(N)N)CC(=O)[C@@H](Cc2ccccc2)NC(=O)[C@H](Cc2c[nH]c3ccccc23)NC1=O. The molecule has 24 heteroatoms. The minimum atomic E-state index is -1.63. The van der Waals surface area contributed by atoms with Crippen LogP contribution in [0.3, 0.4) is 0 Å². The summed E-state index contributed by atoms with van der Waals surface area (Å²) in [7, 11) is 0. The summed E-state index contributed by atoms with van der Waals surface area (Å²) < 4.78 is 0. The Hall–Kier alpha value is -9.09. The largest absolute Gasteiger partial charge is 0.370 e. The zero-order valence-electron chi connectivity index (χ0n) is 45.5. The number of primary amides is 1. The lowest BCUT2D eigenvalue weighted by Crippen LogP contribution is -2.59. The van der Waals surface area contributed by atoms with Crippen molar-refractivity contribution in [3.8, 4) is 0 Å². The third-order valence-corrected chi connectivity index (χ3v) is 14.2. The van der Waals surface area contributed by atoms with E-state index in [4.69, 9.17) is 28.7 Å². The number of amides is 7. The fourth-order valence-electron chi connectivity index (χ4n) is 9.94. The van der Waals surface area contributed by atoms with Crippen molar-refractivity contribution >= 4 is 86.6 Å². The molecule has 0 saturated carbocycles. The highest BCUT2D eigenvalue weighted by Gasteiger charge is 2.36. The van der Waals surface area contributed by atoms with Crippen LogP contribution in [0.5, 0.6) is 0 Å². The number of carbonyl (C=O) groups excluding carboxylic acids is 9. The van der Waals surface area contributed by atoms with Crippen LogP contribution >= 0.6 is 0 Å². The number of aromatic nitrogens is 2. The third kappa shape index (κ3) is 19.1. The lowest BCUT2D eigenvalue weighted by atomic mass is 9.83. The van der Waals surface area contributed by atoms with Crippen molar-refractivity contribution in [2.75, 3.05) is 19.6 Å². The Balaban J connectivity index is 1.40. The van der Waals surface area contributed by atoms with Crippen molar-refractivity contribution in [2.24, 2.45) is 50.5 Å². The molecule has 0 radical (unpaired) electrons. The van der Waals surface area contributed by atoms with Gasteiger partial charge in [0.1, 0.15) is 30.0 Å². The van der Waals surface area contributed by atoms with Crippen molar-refractivity contribution in [2.45, 2.75) is 121 Å². The Bertz CT molecular complexity index is 3070. The smallest absolute Gasteiger partial charge is 0.243 e. The summed E-state index contributed by atoms with van der Waals surface area (Å²) in [5, 5.41) is 17.9. The fourth-order valence-corrected chi connectivity index (χ4v) is 9.94. The standard InChI is InChI=1S/C57H75N15O9/c1-33(73)68-44(21-12-24-65-57(61)62)53(79)72-47-30-50(76)63-22-10-9-20-43(51(58)77)69-52(78)36(26-37-31-66-41-18-7-5-16-39(37)41)29-48(74)35(15-11-23-64-56(59)60)28-49(75)45(25-34-13-3-2-4-14-34)70-54(80)46(71-55(47)81)27-38-32-67-42-19-8-6-17-40(38)42/h2-8,13-14,16-19,31-32,35-36,43-47,66-67H,9-12,15,20-30H2,1H3,(H2,58,77)(H,63,76)(H,68,73)(H,69,78)(H,70,80)(H,71,81)(H,72,79)(H4,59,60,64)(H4,61,62,65)/t35-,36-,43+,44+,45-,46+,47+/m1/s1. The molecule has 1 aliphatic heterocycles. The van der Waals surface area contributed by atoms with E-state index in [0.29, 0.717) is 11.1 Å². The maximum absolute atomic E-state index is 15.1. The molecule has 0 aliphatic carbocycles. The molecule has 0 unspecified atom stereocenters. The first-order valence-electron chi connectivity index (χ1n) is 27.2. The molecule has 1 saturated heterocycles. The Morgan fingerprint density at radius 3 is 1.85 bits per heavy atom. The minimum Gasteiger partial charge on any atom is -0.370 e. The zero-order valence-corrected chi connectivity index (χ0v) is 45.5. The Morgan fingerprint density at radius 2 is 1.22 bits per heavy atom. The number of hydrogen-bond acceptors (Lipinski definition) is 11. The van der Waals surface area contributed by atoms with Crippen LogP contribution in [-0.4, -0.2) is 125 Å². The van der Waals surface area contributed by atoms with Gasteiger partial charge in [-0.1, -0.05) is 66.7 Å². The van der Waals surface area contributed by atoms with Crippen LogP contribution in [0.15, 0.2) is 101 Å². The number of aliphatic imine (C=N–C) groups is 2. The van der Waals surface area contributed by atoms with Crippen molar-refractivity contribution in [1.82, 2.24) is 41.9 Å². The number of aromatic amines is 2. The number of carbonyl (C=O) groups is 9. The maximum Gasteiger partial charge on any atom is 0.243 e. The lowest BCUT2D eigenvalue weighted by molar-refractivity contribution is -0.136. The van der Waals surface area contributed by atoms with E-state index in [0.717, 1.165) is 27.4 Å². The number of ketones is 2. The van der Waals surface area contributed by atoms with Crippen molar-refractivity contribution in [1.29, 1.82) is 0 Å². The third-order valence-electron chi connectivity index (χ3n) is 14.2. The van der Waals surface area contributed by atoms with Gasteiger partial charge < -0.3 is 70.5 Å². The molecule has 3 aromatic carbocycles. The predicted octanol–water partition coefficient (Wildman–Crippen LogP) is 0.554. The summed E-state index contributed by atoms with van der Waals surface area (Å²) in [6, 6.07) is 16.9. The number of para-hydroxylation sites is 2. The number of H-pyrrole nitrogens is 2. The zero-order chi connectivity index (χ0) is 58.4. The summed E-state index contributed by atoms with van der Waals surface area (Å²) >= 11 is 0. The second-order valence-electron chi connectivity index (χ2n) is 20.4. The first-order valence-corrected chi connectivity index (χ1v) is 27.2. The van der Waals surface area contributed by atoms with E-state index in [1.165, 1.54) is 6.92 Å². The van der Waals surface area contributed by atoms with Gasteiger partial charge in [-0.15, -0.1) is 0 Å². The number of benzene rings is 3. The molecular formula is C57H75N15O9. The van der Waals surface area contributed by atoms with E-state index >= 15 is 9.59 Å². The van der Waals surface area contributed by atoms with Gasteiger partial charge in [0.15, 0.2) is 17.7 Å². The summed E-state index contributed by atoms with van der Waals surface area (Å²) in [5.74, 6) is -8.64. The monoisotopic (exact) mass is 1110 g/mol. The summed E-state index contributed by atoms with van der Waals surface area (Å²) in [6.45, 7) is 1.48.